The molecule has 26 heavy (non-hydrogen) atoms. The maximum atomic E-state index is 14.0. The molecule has 1 aliphatic rings. The van der Waals surface area contributed by atoms with E-state index in [1.807, 2.05) is 6.07 Å². The summed E-state index contributed by atoms with van der Waals surface area (Å²) in [5.74, 6) is 0.294. The fraction of sp³-hybridized carbons (Fsp3) is 0.579. The van der Waals surface area contributed by atoms with E-state index < -0.39 is 0 Å². The number of piperidine rings is 1. The quantitative estimate of drug-likeness (QED) is 0.441. The largest absolute Gasteiger partial charge is 0.385 e. The third-order valence-electron chi connectivity index (χ3n) is 4.60. The summed E-state index contributed by atoms with van der Waals surface area (Å²) in [6.45, 7) is 4.32. The van der Waals surface area contributed by atoms with Gasteiger partial charge in [0, 0.05) is 58.5 Å². The molecule has 1 aromatic rings. The highest BCUT2D eigenvalue weighted by Gasteiger charge is 2.19. The van der Waals surface area contributed by atoms with Crippen LogP contribution < -0.4 is 10.6 Å². The average molecular weight is 361 g/mol. The van der Waals surface area contributed by atoms with Crippen LogP contribution in [-0.4, -0.2) is 57.3 Å². The number of nitriles is 1. The predicted octanol–water partition coefficient (Wildman–Crippen LogP) is 1.86. The first-order chi connectivity index (χ1) is 12.7. The van der Waals surface area contributed by atoms with Gasteiger partial charge in [-0.2, -0.15) is 5.26 Å². The van der Waals surface area contributed by atoms with E-state index in [1.165, 1.54) is 6.07 Å². The molecule has 1 fully saturated rings. The van der Waals surface area contributed by atoms with Crippen LogP contribution in [0.2, 0.25) is 0 Å². The van der Waals surface area contributed by atoms with Crippen molar-refractivity contribution < 1.29 is 9.13 Å². The van der Waals surface area contributed by atoms with E-state index in [-0.39, 0.29) is 5.82 Å². The Hall–Kier alpha value is -2.17. The lowest BCUT2D eigenvalue weighted by Crippen LogP contribution is -2.48. The molecule has 1 heterocycles. The number of methoxy groups -OCH3 is 1. The molecule has 0 radical (unpaired) electrons. The Morgan fingerprint density at radius 2 is 2.19 bits per heavy atom. The Morgan fingerprint density at radius 3 is 2.81 bits per heavy atom. The minimum Gasteiger partial charge on any atom is -0.385 e. The van der Waals surface area contributed by atoms with Gasteiger partial charge in [-0.3, -0.25) is 4.99 Å². The smallest absolute Gasteiger partial charge is 0.191 e. The Labute approximate surface area is 155 Å². The summed E-state index contributed by atoms with van der Waals surface area (Å²) in [6.07, 6.45) is 3.17. The number of guanidine groups is 1. The molecule has 0 atom stereocenters. The van der Waals surface area contributed by atoms with Crippen LogP contribution in [0.15, 0.2) is 23.2 Å². The van der Waals surface area contributed by atoms with Gasteiger partial charge in [-0.1, -0.05) is 6.07 Å². The number of halogens is 1. The number of ether oxygens (including phenoxy) is 1. The van der Waals surface area contributed by atoms with Gasteiger partial charge in [-0.05, 0) is 31.4 Å². The second-order valence-electron chi connectivity index (χ2n) is 6.45. The van der Waals surface area contributed by atoms with Crippen molar-refractivity contribution in [1.29, 1.82) is 5.26 Å². The summed E-state index contributed by atoms with van der Waals surface area (Å²) in [5, 5.41) is 15.4. The molecule has 7 heteroatoms. The van der Waals surface area contributed by atoms with E-state index in [0.29, 0.717) is 29.7 Å². The molecule has 6 nitrogen and oxygen atoms in total. The third-order valence-corrected chi connectivity index (χ3v) is 4.60. The van der Waals surface area contributed by atoms with Gasteiger partial charge in [0.2, 0.25) is 0 Å². The van der Waals surface area contributed by atoms with Gasteiger partial charge < -0.3 is 20.3 Å². The second kappa shape index (κ2) is 10.7. The summed E-state index contributed by atoms with van der Waals surface area (Å²) >= 11 is 0. The van der Waals surface area contributed by atoms with Crippen LogP contribution in [0.3, 0.4) is 0 Å². The summed E-state index contributed by atoms with van der Waals surface area (Å²) in [7, 11) is 3.45. The lowest BCUT2D eigenvalue weighted by Gasteiger charge is -2.33. The van der Waals surface area contributed by atoms with Crippen LogP contribution in [0.5, 0.6) is 0 Å². The molecule has 0 bridgehead atoms. The molecule has 142 valence electrons. The van der Waals surface area contributed by atoms with E-state index in [9.17, 15) is 4.39 Å². The van der Waals surface area contributed by atoms with Gasteiger partial charge in [-0.15, -0.1) is 0 Å². The molecular formula is C19H28FN5O. The fourth-order valence-corrected chi connectivity index (χ4v) is 3.06. The fourth-order valence-electron chi connectivity index (χ4n) is 3.06. The zero-order chi connectivity index (χ0) is 18.8. The SMILES string of the molecule is CN=C(NCc1ccc(C#N)cc1F)NC1CCN(CCCOC)CC1. The predicted molar refractivity (Wildman–Crippen MR) is 100 cm³/mol. The van der Waals surface area contributed by atoms with Gasteiger partial charge in [0.15, 0.2) is 5.96 Å². The van der Waals surface area contributed by atoms with Crippen molar-refractivity contribution >= 4 is 5.96 Å². The summed E-state index contributed by atoms with van der Waals surface area (Å²) < 4.78 is 19.1. The second-order valence-corrected chi connectivity index (χ2v) is 6.45. The van der Waals surface area contributed by atoms with Crippen molar-refractivity contribution in [2.75, 3.05) is 40.4 Å². The number of likely N-dealkylation sites (tertiary alicyclic amines) is 1. The van der Waals surface area contributed by atoms with Gasteiger partial charge in [0.1, 0.15) is 5.82 Å². The first-order valence-corrected chi connectivity index (χ1v) is 9.03. The van der Waals surface area contributed by atoms with E-state index in [4.69, 9.17) is 10.00 Å². The van der Waals surface area contributed by atoms with Crippen molar-refractivity contribution in [3.05, 3.63) is 35.1 Å². The molecule has 2 rings (SSSR count). The molecule has 2 N–H and O–H groups in total. The molecule has 0 aromatic heterocycles. The summed E-state index contributed by atoms with van der Waals surface area (Å²) in [4.78, 5) is 6.69. The standard InChI is InChI=1S/C19H28FN5O/c1-22-19(23-14-16-5-4-15(13-21)12-18(16)20)24-17-6-9-25(10-7-17)8-3-11-26-2/h4-5,12,17H,3,6-11,14H2,1-2H3,(H2,22,23,24). The molecule has 0 saturated carbocycles. The highest BCUT2D eigenvalue weighted by atomic mass is 19.1. The van der Waals surface area contributed by atoms with Gasteiger partial charge in [0.05, 0.1) is 11.6 Å². The van der Waals surface area contributed by atoms with E-state index in [0.717, 1.165) is 45.5 Å². The van der Waals surface area contributed by atoms with Gasteiger partial charge in [0.25, 0.3) is 0 Å². The van der Waals surface area contributed by atoms with Crippen molar-refractivity contribution in [3.63, 3.8) is 0 Å². The van der Waals surface area contributed by atoms with Crippen LogP contribution in [0, 0.1) is 17.1 Å². The van der Waals surface area contributed by atoms with Gasteiger partial charge >= 0.3 is 0 Å². The highest BCUT2D eigenvalue weighted by Crippen LogP contribution is 2.12. The van der Waals surface area contributed by atoms with Gasteiger partial charge in [-0.25, -0.2) is 4.39 Å². The molecule has 0 unspecified atom stereocenters. The number of hydrogen-bond acceptors (Lipinski definition) is 4. The molecule has 1 aromatic carbocycles. The molecular weight excluding hydrogens is 333 g/mol. The van der Waals surface area contributed by atoms with Crippen LogP contribution in [0.1, 0.15) is 30.4 Å². The normalized spacial score (nSPS) is 16.3. The number of nitrogens with zero attached hydrogens (tertiary/aromatic N) is 3. The van der Waals surface area contributed by atoms with E-state index in [1.54, 1.807) is 26.3 Å². The van der Waals surface area contributed by atoms with E-state index in [2.05, 4.69) is 20.5 Å². The maximum absolute atomic E-state index is 14.0. The van der Waals surface area contributed by atoms with Crippen LogP contribution in [-0.2, 0) is 11.3 Å². The number of nitrogens with one attached hydrogen (secondary N) is 2. The zero-order valence-corrected chi connectivity index (χ0v) is 15.6. The van der Waals surface area contributed by atoms with Crippen molar-refractivity contribution in [2.24, 2.45) is 4.99 Å². The number of hydrogen-bond donors (Lipinski definition) is 2. The summed E-state index contributed by atoms with van der Waals surface area (Å²) in [6, 6.07) is 6.81. The van der Waals surface area contributed by atoms with Crippen LogP contribution in [0.4, 0.5) is 4.39 Å². The highest BCUT2D eigenvalue weighted by molar-refractivity contribution is 5.79. The maximum Gasteiger partial charge on any atom is 0.191 e. The van der Waals surface area contributed by atoms with Crippen molar-refractivity contribution in [3.8, 4) is 6.07 Å². The first-order valence-electron chi connectivity index (χ1n) is 9.03. The topological polar surface area (TPSA) is 72.7 Å². The minimum atomic E-state index is -0.378. The summed E-state index contributed by atoms with van der Waals surface area (Å²) in [5.41, 5.74) is 0.839. The third kappa shape index (κ3) is 6.28. The number of rotatable bonds is 7. The Kier molecular flexibility index (Phi) is 8.32. The molecule has 1 aliphatic heterocycles. The Balaban J connectivity index is 1.76. The molecule has 1 saturated heterocycles. The van der Waals surface area contributed by atoms with E-state index >= 15 is 0 Å². The Morgan fingerprint density at radius 1 is 1.42 bits per heavy atom. The van der Waals surface area contributed by atoms with Crippen molar-refractivity contribution in [1.82, 2.24) is 15.5 Å². The first kappa shape index (κ1) is 20.1. The minimum absolute atomic E-state index is 0.325. The molecule has 0 aliphatic carbocycles. The van der Waals surface area contributed by atoms with Crippen LogP contribution in [0.25, 0.3) is 0 Å². The Bertz CT molecular complexity index is 635. The monoisotopic (exact) mass is 361 g/mol. The molecule has 0 amide bonds. The average Bonchev–Trinajstić information content (AvgIpc) is 2.67. The number of aliphatic imine (C=N–C) groups is 1. The number of benzene rings is 1. The zero-order valence-electron chi connectivity index (χ0n) is 15.6. The van der Waals surface area contributed by atoms with Crippen molar-refractivity contribution in [2.45, 2.75) is 31.8 Å². The lowest BCUT2D eigenvalue weighted by atomic mass is 10.1. The van der Waals surface area contributed by atoms with Crippen LogP contribution >= 0.6 is 0 Å². The lowest BCUT2D eigenvalue weighted by molar-refractivity contribution is 0.155. The molecule has 0 spiro atoms.